The number of phenolic OH excluding ortho intramolecular Hbond substituents is 1. The highest BCUT2D eigenvalue weighted by Gasteiger charge is 2.14. The molecule has 0 spiro atoms. The summed E-state index contributed by atoms with van der Waals surface area (Å²) in [6, 6.07) is 7.09. The Hall–Kier alpha value is -3.35. The summed E-state index contributed by atoms with van der Waals surface area (Å²) in [4.78, 5) is 24.6. The van der Waals surface area contributed by atoms with Crippen LogP contribution in [0.25, 0.3) is 11.4 Å². The van der Waals surface area contributed by atoms with Crippen LogP contribution in [-0.4, -0.2) is 26.0 Å². The van der Waals surface area contributed by atoms with Gasteiger partial charge in [-0.05, 0) is 36.8 Å². The number of carbonyl (C=O) groups excluding carboxylic acids is 1. The Labute approximate surface area is 143 Å². The van der Waals surface area contributed by atoms with Gasteiger partial charge in [-0.15, -0.1) is 0 Å². The van der Waals surface area contributed by atoms with Gasteiger partial charge in [-0.2, -0.15) is 0 Å². The van der Waals surface area contributed by atoms with E-state index in [0.717, 1.165) is 5.56 Å². The van der Waals surface area contributed by atoms with Crippen LogP contribution >= 0.6 is 0 Å². The van der Waals surface area contributed by atoms with Crippen LogP contribution in [0.3, 0.4) is 0 Å². The van der Waals surface area contributed by atoms with E-state index in [-0.39, 0.29) is 5.91 Å². The molecular formula is C18H15FN4O2. The third-order valence-electron chi connectivity index (χ3n) is 3.67. The van der Waals surface area contributed by atoms with Gasteiger partial charge in [0.15, 0.2) is 17.4 Å². The number of hydrogen-bond donors (Lipinski definition) is 2. The molecule has 0 radical (unpaired) electrons. The molecule has 7 heteroatoms. The molecule has 0 unspecified atom stereocenters. The summed E-state index contributed by atoms with van der Waals surface area (Å²) >= 11 is 0. The average molecular weight is 338 g/mol. The Morgan fingerprint density at radius 2 is 1.84 bits per heavy atom. The molecule has 0 fully saturated rings. The minimum atomic E-state index is -0.733. The molecule has 126 valence electrons. The number of pyridine rings is 1. The number of rotatable bonds is 4. The van der Waals surface area contributed by atoms with Crippen LogP contribution in [0.1, 0.15) is 28.9 Å². The molecular weight excluding hydrogens is 323 g/mol. The van der Waals surface area contributed by atoms with Gasteiger partial charge >= 0.3 is 0 Å². The fourth-order valence-electron chi connectivity index (χ4n) is 2.25. The second kappa shape index (κ2) is 7.04. The van der Waals surface area contributed by atoms with Crippen molar-refractivity contribution in [2.45, 2.75) is 13.0 Å². The third-order valence-corrected chi connectivity index (χ3v) is 3.67. The molecule has 2 heterocycles. The lowest BCUT2D eigenvalue weighted by molar-refractivity contribution is 0.0939. The van der Waals surface area contributed by atoms with Gasteiger partial charge in [0.2, 0.25) is 0 Å². The number of aromatic nitrogens is 3. The Balaban J connectivity index is 1.71. The quantitative estimate of drug-likeness (QED) is 0.764. The zero-order valence-corrected chi connectivity index (χ0v) is 13.3. The summed E-state index contributed by atoms with van der Waals surface area (Å²) in [5.74, 6) is -1.04. The standard InChI is InChI=1S/C18H15FN4O2/c1-11(13-2-3-16(24)15(19)8-13)23-18(25)14-9-21-17(22-10-14)12-4-6-20-7-5-12/h2-11,24H,1H3,(H,23,25)/t11-/m1/s1. The second-order valence-electron chi connectivity index (χ2n) is 5.44. The fourth-order valence-corrected chi connectivity index (χ4v) is 2.25. The molecule has 2 N–H and O–H groups in total. The van der Waals surface area contributed by atoms with Crippen molar-refractivity contribution >= 4 is 5.91 Å². The van der Waals surface area contributed by atoms with Gasteiger partial charge in [-0.1, -0.05) is 6.07 Å². The normalized spacial score (nSPS) is 11.8. The van der Waals surface area contributed by atoms with Crippen LogP contribution in [0.5, 0.6) is 5.75 Å². The number of amides is 1. The van der Waals surface area contributed by atoms with Gasteiger partial charge in [0.1, 0.15) is 0 Å². The maximum Gasteiger partial charge on any atom is 0.254 e. The Kier molecular flexibility index (Phi) is 4.65. The molecule has 0 aliphatic rings. The summed E-state index contributed by atoms with van der Waals surface area (Å²) in [6.07, 6.45) is 6.14. The lowest BCUT2D eigenvalue weighted by Crippen LogP contribution is -2.27. The predicted molar refractivity (Wildman–Crippen MR) is 89.2 cm³/mol. The highest BCUT2D eigenvalue weighted by atomic mass is 19.1. The van der Waals surface area contributed by atoms with Crippen LogP contribution in [0.2, 0.25) is 0 Å². The lowest BCUT2D eigenvalue weighted by Gasteiger charge is -2.14. The number of carbonyl (C=O) groups is 1. The predicted octanol–water partition coefficient (Wildman–Crippen LogP) is 2.87. The van der Waals surface area contributed by atoms with Crippen molar-refractivity contribution in [1.29, 1.82) is 0 Å². The summed E-state index contributed by atoms with van der Waals surface area (Å²) in [5.41, 5.74) is 1.64. The molecule has 25 heavy (non-hydrogen) atoms. The van der Waals surface area contributed by atoms with E-state index in [2.05, 4.69) is 20.3 Å². The highest BCUT2D eigenvalue weighted by molar-refractivity contribution is 5.94. The molecule has 1 atom stereocenters. The SMILES string of the molecule is C[C@@H](NC(=O)c1cnc(-c2ccncc2)nc1)c1ccc(O)c(F)c1. The summed E-state index contributed by atoms with van der Waals surface area (Å²) in [6.45, 7) is 1.72. The number of hydrogen-bond acceptors (Lipinski definition) is 5. The van der Waals surface area contributed by atoms with E-state index in [9.17, 15) is 14.3 Å². The number of nitrogens with one attached hydrogen (secondary N) is 1. The molecule has 0 bridgehead atoms. The van der Waals surface area contributed by atoms with Gasteiger partial charge in [0.05, 0.1) is 11.6 Å². The maximum absolute atomic E-state index is 13.4. The first-order valence-electron chi connectivity index (χ1n) is 7.56. The molecule has 0 saturated heterocycles. The van der Waals surface area contributed by atoms with Crippen LogP contribution in [-0.2, 0) is 0 Å². The molecule has 3 rings (SSSR count). The molecule has 1 aromatic carbocycles. The monoisotopic (exact) mass is 338 g/mol. The number of benzene rings is 1. The van der Waals surface area contributed by atoms with Crippen LogP contribution in [0, 0.1) is 5.82 Å². The van der Waals surface area contributed by atoms with E-state index in [1.54, 1.807) is 37.5 Å². The smallest absolute Gasteiger partial charge is 0.254 e. The second-order valence-corrected chi connectivity index (χ2v) is 5.44. The topological polar surface area (TPSA) is 88.0 Å². The van der Waals surface area contributed by atoms with Crippen LogP contribution in [0.4, 0.5) is 4.39 Å². The first-order chi connectivity index (χ1) is 12.0. The van der Waals surface area contributed by atoms with E-state index in [0.29, 0.717) is 17.0 Å². The van der Waals surface area contributed by atoms with Crippen LogP contribution < -0.4 is 5.32 Å². The Morgan fingerprint density at radius 1 is 1.16 bits per heavy atom. The van der Waals surface area contributed by atoms with Crippen molar-refractivity contribution in [2.24, 2.45) is 0 Å². The van der Waals surface area contributed by atoms with E-state index in [1.165, 1.54) is 24.5 Å². The lowest BCUT2D eigenvalue weighted by atomic mass is 10.1. The molecule has 0 aliphatic carbocycles. The number of halogens is 1. The van der Waals surface area contributed by atoms with Crippen molar-refractivity contribution in [3.8, 4) is 17.1 Å². The van der Waals surface area contributed by atoms with E-state index < -0.39 is 17.6 Å². The van der Waals surface area contributed by atoms with E-state index in [1.807, 2.05) is 0 Å². The molecule has 2 aromatic heterocycles. The van der Waals surface area contributed by atoms with Gasteiger partial charge in [0.25, 0.3) is 5.91 Å². The van der Waals surface area contributed by atoms with Gasteiger partial charge in [-0.25, -0.2) is 14.4 Å². The van der Waals surface area contributed by atoms with E-state index in [4.69, 9.17) is 0 Å². The summed E-state index contributed by atoms with van der Waals surface area (Å²) < 4.78 is 13.4. The minimum absolute atomic E-state index is 0.295. The van der Waals surface area contributed by atoms with Gasteiger partial charge < -0.3 is 10.4 Å². The highest BCUT2D eigenvalue weighted by Crippen LogP contribution is 2.21. The third kappa shape index (κ3) is 3.77. The number of aromatic hydroxyl groups is 1. The Bertz CT molecular complexity index is 885. The zero-order valence-electron chi connectivity index (χ0n) is 13.3. The van der Waals surface area contributed by atoms with Crippen molar-refractivity contribution in [3.63, 3.8) is 0 Å². The molecule has 3 aromatic rings. The molecule has 6 nitrogen and oxygen atoms in total. The fraction of sp³-hybridized carbons (Fsp3) is 0.111. The van der Waals surface area contributed by atoms with Crippen molar-refractivity contribution in [3.05, 3.63) is 72.1 Å². The Morgan fingerprint density at radius 3 is 2.48 bits per heavy atom. The molecule has 1 amide bonds. The molecule has 0 saturated carbocycles. The molecule has 0 aliphatic heterocycles. The van der Waals surface area contributed by atoms with Gasteiger partial charge in [-0.3, -0.25) is 9.78 Å². The number of phenols is 1. The first-order valence-corrected chi connectivity index (χ1v) is 7.56. The first kappa shape index (κ1) is 16.5. The van der Waals surface area contributed by atoms with Gasteiger partial charge in [0, 0.05) is 30.4 Å². The minimum Gasteiger partial charge on any atom is -0.505 e. The van der Waals surface area contributed by atoms with Crippen molar-refractivity contribution < 1.29 is 14.3 Å². The van der Waals surface area contributed by atoms with Crippen molar-refractivity contribution in [2.75, 3.05) is 0 Å². The van der Waals surface area contributed by atoms with E-state index >= 15 is 0 Å². The number of nitrogens with zero attached hydrogens (tertiary/aromatic N) is 3. The maximum atomic E-state index is 13.4. The van der Waals surface area contributed by atoms with Crippen molar-refractivity contribution in [1.82, 2.24) is 20.3 Å². The summed E-state index contributed by atoms with van der Waals surface area (Å²) in [5, 5.41) is 12.0. The summed E-state index contributed by atoms with van der Waals surface area (Å²) in [7, 11) is 0. The zero-order chi connectivity index (χ0) is 17.8. The van der Waals surface area contributed by atoms with Crippen LogP contribution in [0.15, 0.2) is 55.1 Å². The average Bonchev–Trinajstić information content (AvgIpc) is 2.64. The largest absolute Gasteiger partial charge is 0.505 e.